The van der Waals surface area contributed by atoms with Gasteiger partial charge < -0.3 is 15.8 Å². The lowest BCUT2D eigenvalue weighted by Gasteiger charge is -2.13. The molecule has 1 heterocycles. The average molecular weight is 289 g/mol. The molecule has 5 nitrogen and oxygen atoms in total. The lowest BCUT2D eigenvalue weighted by Crippen LogP contribution is -2.01. The van der Waals surface area contributed by atoms with Gasteiger partial charge in [0.25, 0.3) is 0 Å². The van der Waals surface area contributed by atoms with Crippen molar-refractivity contribution in [1.82, 2.24) is 4.98 Å². The van der Waals surface area contributed by atoms with Crippen LogP contribution in [0.4, 0.5) is 17.2 Å². The number of nitrogens with one attached hydrogen (secondary N) is 1. The number of hydrogen-bond acceptors (Lipinski definition) is 5. The summed E-state index contributed by atoms with van der Waals surface area (Å²) in [6, 6.07) is 7.11. The molecule has 3 N–H and O–H groups in total. The van der Waals surface area contributed by atoms with E-state index in [2.05, 4.69) is 10.3 Å². The minimum Gasteiger partial charge on any atom is -0.495 e. The Bertz CT molecular complexity index is 694. The van der Waals surface area contributed by atoms with Crippen molar-refractivity contribution in [2.24, 2.45) is 0 Å². The van der Waals surface area contributed by atoms with Gasteiger partial charge in [-0.1, -0.05) is 11.6 Å². The fraction of sp³-hybridized carbons (Fsp3) is 0.143. The number of nitrogen functional groups attached to an aromatic ring is 1. The molecule has 20 heavy (non-hydrogen) atoms. The molecular weight excluding hydrogens is 276 g/mol. The maximum Gasteiger partial charge on any atom is 0.153 e. The third-order valence-electron chi connectivity index (χ3n) is 2.78. The van der Waals surface area contributed by atoms with Crippen molar-refractivity contribution in [3.8, 4) is 11.8 Å². The highest BCUT2D eigenvalue weighted by Gasteiger charge is 2.10. The molecule has 1 aromatic heterocycles. The maximum absolute atomic E-state index is 8.79. The van der Waals surface area contributed by atoms with E-state index < -0.39 is 0 Å². The number of nitrogens with zero attached hydrogens (tertiary/aromatic N) is 2. The molecule has 102 valence electrons. The zero-order valence-electron chi connectivity index (χ0n) is 11.1. The molecule has 0 fully saturated rings. The summed E-state index contributed by atoms with van der Waals surface area (Å²) in [7, 11) is 1.56. The van der Waals surface area contributed by atoms with Gasteiger partial charge in [0.1, 0.15) is 11.8 Å². The van der Waals surface area contributed by atoms with Crippen LogP contribution < -0.4 is 15.8 Å². The van der Waals surface area contributed by atoms with Gasteiger partial charge in [0.05, 0.1) is 24.0 Å². The van der Waals surface area contributed by atoms with Gasteiger partial charge in [0.2, 0.25) is 0 Å². The van der Waals surface area contributed by atoms with Crippen LogP contribution in [-0.4, -0.2) is 12.1 Å². The largest absolute Gasteiger partial charge is 0.495 e. The molecule has 2 rings (SSSR count). The van der Waals surface area contributed by atoms with Gasteiger partial charge in [-0.05, 0) is 24.6 Å². The summed E-state index contributed by atoms with van der Waals surface area (Å²) in [4.78, 5) is 4.12. The normalized spacial score (nSPS) is 9.90. The van der Waals surface area contributed by atoms with Gasteiger partial charge in [-0.25, -0.2) is 4.98 Å². The fourth-order valence-electron chi connectivity index (χ4n) is 1.70. The standard InChI is InChI=1S/C14H13ClN4O/c1-8-3-12(13(20-2)5-10(8)15)19-14-11(17)4-9(6-16)7-18-14/h3-5,7H,17H2,1-2H3,(H,18,19). The lowest BCUT2D eigenvalue weighted by atomic mass is 10.2. The molecule has 0 saturated heterocycles. The zero-order chi connectivity index (χ0) is 14.7. The Morgan fingerprint density at radius 1 is 1.40 bits per heavy atom. The number of halogens is 1. The molecule has 0 unspecified atom stereocenters. The van der Waals surface area contributed by atoms with E-state index in [0.29, 0.717) is 33.5 Å². The number of aryl methyl sites for hydroxylation is 1. The number of aromatic nitrogens is 1. The van der Waals surface area contributed by atoms with Crippen LogP contribution in [0.3, 0.4) is 0 Å². The minimum atomic E-state index is 0.388. The number of hydrogen-bond donors (Lipinski definition) is 2. The Morgan fingerprint density at radius 3 is 2.75 bits per heavy atom. The second-order valence-corrected chi connectivity index (χ2v) is 4.61. The van der Waals surface area contributed by atoms with Gasteiger partial charge in [-0.15, -0.1) is 0 Å². The summed E-state index contributed by atoms with van der Waals surface area (Å²) in [6.45, 7) is 1.89. The molecule has 2 aromatic rings. The Kier molecular flexibility index (Phi) is 3.97. The lowest BCUT2D eigenvalue weighted by molar-refractivity contribution is 0.416. The highest BCUT2D eigenvalue weighted by Crippen LogP contribution is 2.33. The molecular formula is C14H13ClN4O. The van der Waals surface area contributed by atoms with Crippen LogP contribution in [0.1, 0.15) is 11.1 Å². The van der Waals surface area contributed by atoms with Crippen molar-refractivity contribution in [2.45, 2.75) is 6.92 Å². The number of rotatable bonds is 3. The van der Waals surface area contributed by atoms with E-state index in [1.54, 1.807) is 19.2 Å². The van der Waals surface area contributed by atoms with Crippen molar-refractivity contribution < 1.29 is 4.74 Å². The third-order valence-corrected chi connectivity index (χ3v) is 3.19. The van der Waals surface area contributed by atoms with E-state index in [1.807, 2.05) is 19.1 Å². The van der Waals surface area contributed by atoms with Crippen molar-refractivity contribution in [1.29, 1.82) is 5.26 Å². The second-order valence-electron chi connectivity index (χ2n) is 4.20. The SMILES string of the molecule is COc1cc(Cl)c(C)cc1Nc1ncc(C#N)cc1N. The number of methoxy groups -OCH3 is 1. The van der Waals surface area contributed by atoms with Crippen LogP contribution >= 0.6 is 11.6 Å². The summed E-state index contributed by atoms with van der Waals surface area (Å²) in [5.41, 5.74) is 8.27. The van der Waals surface area contributed by atoms with Crippen LogP contribution in [0.15, 0.2) is 24.4 Å². The number of ether oxygens (including phenoxy) is 1. The molecule has 1 aromatic carbocycles. The number of pyridine rings is 1. The molecule has 0 amide bonds. The first-order valence-electron chi connectivity index (χ1n) is 5.82. The first-order valence-corrected chi connectivity index (χ1v) is 6.19. The van der Waals surface area contributed by atoms with E-state index in [-0.39, 0.29) is 0 Å². The summed E-state index contributed by atoms with van der Waals surface area (Å²) in [6.07, 6.45) is 1.45. The van der Waals surface area contributed by atoms with Crippen molar-refractivity contribution >= 4 is 28.8 Å². The van der Waals surface area contributed by atoms with Crippen LogP contribution in [-0.2, 0) is 0 Å². The van der Waals surface area contributed by atoms with Crippen molar-refractivity contribution in [2.75, 3.05) is 18.2 Å². The minimum absolute atomic E-state index is 0.388. The maximum atomic E-state index is 8.79. The second kappa shape index (κ2) is 5.68. The first kappa shape index (κ1) is 14.0. The molecule has 0 radical (unpaired) electrons. The Morgan fingerprint density at radius 2 is 2.15 bits per heavy atom. The zero-order valence-corrected chi connectivity index (χ0v) is 11.8. The van der Waals surface area contributed by atoms with Crippen LogP contribution in [0.2, 0.25) is 5.02 Å². The number of benzene rings is 1. The predicted molar refractivity (Wildman–Crippen MR) is 79.4 cm³/mol. The highest BCUT2D eigenvalue weighted by atomic mass is 35.5. The van der Waals surface area contributed by atoms with E-state index in [9.17, 15) is 0 Å². The van der Waals surface area contributed by atoms with Gasteiger partial charge in [-0.3, -0.25) is 0 Å². The van der Waals surface area contributed by atoms with E-state index in [4.69, 9.17) is 27.3 Å². The molecule has 0 aliphatic carbocycles. The number of anilines is 3. The van der Waals surface area contributed by atoms with Gasteiger partial charge in [-0.2, -0.15) is 5.26 Å². The number of nitrogens with two attached hydrogens (primary N) is 1. The van der Waals surface area contributed by atoms with Crippen LogP contribution in [0.25, 0.3) is 0 Å². The van der Waals surface area contributed by atoms with Crippen molar-refractivity contribution in [3.05, 3.63) is 40.5 Å². The van der Waals surface area contributed by atoms with E-state index in [0.717, 1.165) is 5.56 Å². The average Bonchev–Trinajstić information content (AvgIpc) is 2.44. The quantitative estimate of drug-likeness (QED) is 0.905. The third kappa shape index (κ3) is 2.76. The molecule has 0 aliphatic heterocycles. The van der Waals surface area contributed by atoms with Crippen molar-refractivity contribution in [3.63, 3.8) is 0 Å². The number of nitriles is 1. The topological polar surface area (TPSA) is 84.0 Å². The predicted octanol–water partition coefficient (Wildman–Crippen LogP) is 3.25. The van der Waals surface area contributed by atoms with E-state index >= 15 is 0 Å². The van der Waals surface area contributed by atoms with E-state index in [1.165, 1.54) is 6.20 Å². The first-order chi connectivity index (χ1) is 9.55. The molecule has 0 spiro atoms. The summed E-state index contributed by atoms with van der Waals surface area (Å²) in [5.74, 6) is 1.05. The Hall–Kier alpha value is -2.45. The molecule has 0 atom stereocenters. The summed E-state index contributed by atoms with van der Waals surface area (Å²) >= 11 is 6.05. The van der Waals surface area contributed by atoms with Gasteiger partial charge in [0.15, 0.2) is 5.82 Å². The molecule has 0 saturated carbocycles. The highest BCUT2D eigenvalue weighted by molar-refractivity contribution is 6.31. The Balaban J connectivity index is 2.40. The Labute approximate surface area is 122 Å². The van der Waals surface area contributed by atoms with Crippen LogP contribution in [0, 0.1) is 18.3 Å². The fourth-order valence-corrected chi connectivity index (χ4v) is 1.86. The molecule has 0 bridgehead atoms. The monoisotopic (exact) mass is 288 g/mol. The van der Waals surface area contributed by atoms with Gasteiger partial charge >= 0.3 is 0 Å². The molecule has 0 aliphatic rings. The van der Waals surface area contributed by atoms with Gasteiger partial charge in [0, 0.05) is 17.3 Å². The summed E-state index contributed by atoms with van der Waals surface area (Å²) < 4.78 is 5.27. The molecule has 6 heteroatoms. The smallest absolute Gasteiger partial charge is 0.153 e. The van der Waals surface area contributed by atoms with Crippen LogP contribution in [0.5, 0.6) is 5.75 Å². The summed E-state index contributed by atoms with van der Waals surface area (Å²) in [5, 5.41) is 12.5.